The summed E-state index contributed by atoms with van der Waals surface area (Å²) in [4.78, 5) is 57.2. The molecule has 9 nitrogen and oxygen atoms in total. The monoisotopic (exact) mass is 501 g/mol. The van der Waals surface area contributed by atoms with E-state index in [4.69, 9.17) is 5.73 Å². The maximum atomic E-state index is 13.5. The SMILES string of the molecule is CC(C)CC(NC(=O)c1ccc(N(C)C)cc1)C(=O)N1CC[C@H](C)N(C(=O)[C@@H](N)C(C)C)CC(=O)C1. The number of hydrogen-bond acceptors (Lipinski definition) is 6. The number of rotatable bonds is 8. The molecule has 36 heavy (non-hydrogen) atoms. The zero-order valence-electron chi connectivity index (χ0n) is 22.8. The van der Waals surface area contributed by atoms with Gasteiger partial charge in [0.2, 0.25) is 11.8 Å². The highest BCUT2D eigenvalue weighted by atomic mass is 16.2. The number of nitrogens with one attached hydrogen (secondary N) is 1. The van der Waals surface area contributed by atoms with Crippen LogP contribution in [0, 0.1) is 11.8 Å². The third-order valence-electron chi connectivity index (χ3n) is 6.62. The van der Waals surface area contributed by atoms with E-state index in [1.807, 2.05) is 65.7 Å². The summed E-state index contributed by atoms with van der Waals surface area (Å²) >= 11 is 0. The molecular weight excluding hydrogens is 458 g/mol. The lowest BCUT2D eigenvalue weighted by atomic mass is 10.00. The zero-order chi connectivity index (χ0) is 27.2. The summed E-state index contributed by atoms with van der Waals surface area (Å²) in [6.07, 6.45) is 0.971. The summed E-state index contributed by atoms with van der Waals surface area (Å²) in [5.74, 6) is -0.955. The van der Waals surface area contributed by atoms with Crippen molar-refractivity contribution < 1.29 is 19.2 Å². The Kier molecular flexibility index (Phi) is 10.5. The van der Waals surface area contributed by atoms with Crippen molar-refractivity contribution >= 4 is 29.2 Å². The van der Waals surface area contributed by atoms with E-state index in [0.29, 0.717) is 24.9 Å². The molecule has 200 valence electrons. The van der Waals surface area contributed by atoms with Crippen molar-refractivity contribution in [1.82, 2.24) is 15.1 Å². The van der Waals surface area contributed by atoms with E-state index >= 15 is 0 Å². The Morgan fingerprint density at radius 1 is 1.06 bits per heavy atom. The van der Waals surface area contributed by atoms with E-state index in [2.05, 4.69) is 5.32 Å². The lowest BCUT2D eigenvalue weighted by molar-refractivity contribution is -0.144. The minimum absolute atomic E-state index is 0.0391. The van der Waals surface area contributed by atoms with Crippen molar-refractivity contribution in [3.63, 3.8) is 0 Å². The molecule has 1 aliphatic heterocycles. The summed E-state index contributed by atoms with van der Waals surface area (Å²) < 4.78 is 0. The molecule has 9 heteroatoms. The minimum Gasteiger partial charge on any atom is -0.378 e. The van der Waals surface area contributed by atoms with Gasteiger partial charge in [-0.15, -0.1) is 0 Å². The maximum absolute atomic E-state index is 13.5. The van der Waals surface area contributed by atoms with Crippen LogP contribution in [0.25, 0.3) is 0 Å². The van der Waals surface area contributed by atoms with Crippen LogP contribution in [0.2, 0.25) is 0 Å². The summed E-state index contributed by atoms with van der Waals surface area (Å²) in [5, 5.41) is 2.89. The van der Waals surface area contributed by atoms with Crippen molar-refractivity contribution in [3.8, 4) is 0 Å². The number of carbonyl (C=O) groups excluding carboxylic acids is 4. The molecule has 0 radical (unpaired) electrons. The van der Waals surface area contributed by atoms with E-state index in [1.54, 1.807) is 17.0 Å². The van der Waals surface area contributed by atoms with Crippen LogP contribution in [0.1, 0.15) is 57.8 Å². The molecule has 1 aromatic rings. The largest absolute Gasteiger partial charge is 0.378 e. The molecule has 0 aromatic heterocycles. The first-order chi connectivity index (χ1) is 16.8. The molecule has 1 aliphatic rings. The van der Waals surface area contributed by atoms with Gasteiger partial charge in [0.1, 0.15) is 6.04 Å². The molecule has 2 rings (SSSR count). The molecule has 0 aliphatic carbocycles. The molecule has 1 aromatic carbocycles. The molecule has 1 fully saturated rings. The van der Waals surface area contributed by atoms with Crippen LogP contribution in [-0.4, -0.2) is 85.2 Å². The van der Waals surface area contributed by atoms with E-state index in [1.165, 1.54) is 4.90 Å². The fourth-order valence-corrected chi connectivity index (χ4v) is 4.21. The highest BCUT2D eigenvalue weighted by Gasteiger charge is 2.34. The number of nitrogens with zero attached hydrogens (tertiary/aromatic N) is 3. The van der Waals surface area contributed by atoms with Gasteiger partial charge in [-0.05, 0) is 55.9 Å². The number of carbonyl (C=O) groups is 4. The third-order valence-corrected chi connectivity index (χ3v) is 6.62. The van der Waals surface area contributed by atoms with Gasteiger partial charge in [-0.3, -0.25) is 19.2 Å². The number of ketones is 1. The Morgan fingerprint density at radius 2 is 1.67 bits per heavy atom. The van der Waals surface area contributed by atoms with E-state index in [9.17, 15) is 19.2 Å². The van der Waals surface area contributed by atoms with Crippen molar-refractivity contribution in [3.05, 3.63) is 29.8 Å². The van der Waals surface area contributed by atoms with E-state index in [0.717, 1.165) is 5.69 Å². The van der Waals surface area contributed by atoms with Gasteiger partial charge in [0, 0.05) is 37.9 Å². The highest BCUT2D eigenvalue weighted by molar-refractivity contribution is 5.98. The first-order valence-corrected chi connectivity index (χ1v) is 12.8. The fraction of sp³-hybridized carbons (Fsp3) is 0.630. The number of anilines is 1. The Labute approximate surface area is 215 Å². The van der Waals surface area contributed by atoms with Gasteiger partial charge in [-0.1, -0.05) is 27.7 Å². The van der Waals surface area contributed by atoms with Crippen LogP contribution < -0.4 is 16.0 Å². The van der Waals surface area contributed by atoms with Crippen molar-refractivity contribution in [2.75, 3.05) is 38.6 Å². The molecule has 1 heterocycles. The number of hydrogen-bond donors (Lipinski definition) is 2. The topological polar surface area (TPSA) is 116 Å². The van der Waals surface area contributed by atoms with Crippen LogP contribution in [0.4, 0.5) is 5.69 Å². The fourth-order valence-electron chi connectivity index (χ4n) is 4.21. The molecule has 3 amide bonds. The number of benzene rings is 1. The summed E-state index contributed by atoms with van der Waals surface area (Å²) in [6, 6.07) is 5.51. The highest BCUT2D eigenvalue weighted by Crippen LogP contribution is 2.17. The lowest BCUT2D eigenvalue weighted by Gasteiger charge is -2.37. The van der Waals surface area contributed by atoms with Crippen LogP contribution in [-0.2, 0) is 14.4 Å². The zero-order valence-corrected chi connectivity index (χ0v) is 22.8. The normalized spacial score (nSPS) is 18.5. The van der Waals surface area contributed by atoms with Gasteiger partial charge in [0.15, 0.2) is 5.78 Å². The Morgan fingerprint density at radius 3 is 2.19 bits per heavy atom. The van der Waals surface area contributed by atoms with Crippen molar-refractivity contribution in [2.45, 2.75) is 65.6 Å². The first kappa shape index (κ1) is 29.3. The number of amides is 3. The molecule has 1 unspecified atom stereocenters. The Bertz CT molecular complexity index is 929. The number of Topliss-reactive ketones (excluding diaryl/α,β-unsaturated/α-hetero) is 1. The van der Waals surface area contributed by atoms with E-state index < -0.39 is 12.1 Å². The van der Waals surface area contributed by atoms with Gasteiger partial charge >= 0.3 is 0 Å². The summed E-state index contributed by atoms with van der Waals surface area (Å²) in [6.45, 7) is 9.72. The van der Waals surface area contributed by atoms with Crippen LogP contribution in [0.15, 0.2) is 24.3 Å². The second kappa shape index (κ2) is 12.9. The van der Waals surface area contributed by atoms with Crippen molar-refractivity contribution in [1.29, 1.82) is 0 Å². The molecule has 0 saturated carbocycles. The quantitative estimate of drug-likeness (QED) is 0.562. The minimum atomic E-state index is -0.749. The van der Waals surface area contributed by atoms with E-state index in [-0.39, 0.29) is 54.5 Å². The molecule has 1 saturated heterocycles. The van der Waals surface area contributed by atoms with Crippen LogP contribution >= 0.6 is 0 Å². The summed E-state index contributed by atoms with van der Waals surface area (Å²) in [7, 11) is 3.84. The third kappa shape index (κ3) is 7.78. The molecule has 0 bridgehead atoms. The number of nitrogens with two attached hydrogens (primary N) is 1. The standard InChI is InChI=1S/C27H43N5O4/c1-17(2)14-23(29-25(34)20-8-10-21(11-9-20)30(6)7)26(35)31-13-12-19(5)32(16-22(33)15-31)27(36)24(28)18(3)4/h8-11,17-19,23-24H,12-16,28H2,1-7H3,(H,29,34)/t19-,23?,24-/m0/s1. The first-order valence-electron chi connectivity index (χ1n) is 12.8. The lowest BCUT2D eigenvalue weighted by Crippen LogP contribution is -2.57. The Balaban J connectivity index is 2.15. The van der Waals surface area contributed by atoms with Gasteiger partial charge in [0.25, 0.3) is 5.91 Å². The van der Waals surface area contributed by atoms with Crippen molar-refractivity contribution in [2.24, 2.45) is 17.6 Å². The van der Waals surface area contributed by atoms with Gasteiger partial charge in [-0.2, -0.15) is 0 Å². The molecule has 3 N–H and O–H groups in total. The average Bonchev–Trinajstić information content (AvgIpc) is 2.81. The predicted molar refractivity (Wildman–Crippen MR) is 142 cm³/mol. The maximum Gasteiger partial charge on any atom is 0.251 e. The van der Waals surface area contributed by atoms with Gasteiger partial charge in [0.05, 0.1) is 19.1 Å². The summed E-state index contributed by atoms with van der Waals surface area (Å²) in [5.41, 5.74) is 7.49. The van der Waals surface area contributed by atoms with Crippen LogP contribution in [0.3, 0.4) is 0 Å². The smallest absolute Gasteiger partial charge is 0.251 e. The van der Waals surface area contributed by atoms with Gasteiger partial charge in [-0.25, -0.2) is 0 Å². The predicted octanol–water partition coefficient (Wildman–Crippen LogP) is 1.90. The molecule has 0 spiro atoms. The molecule has 3 atom stereocenters. The van der Waals surface area contributed by atoms with Crippen LogP contribution in [0.5, 0.6) is 0 Å². The van der Waals surface area contributed by atoms with Gasteiger partial charge < -0.3 is 25.8 Å². The average molecular weight is 502 g/mol. The second-order valence-electron chi connectivity index (χ2n) is 10.8. The second-order valence-corrected chi connectivity index (χ2v) is 10.8. The molecular formula is C27H43N5O4. The Hall–Kier alpha value is -2.94.